The van der Waals surface area contributed by atoms with E-state index in [1.807, 2.05) is 25.1 Å². The number of hydrogen-bond donors (Lipinski definition) is 0. The molecule has 0 saturated heterocycles. The summed E-state index contributed by atoms with van der Waals surface area (Å²) < 4.78 is 5.67. The number of esters is 1. The van der Waals surface area contributed by atoms with Gasteiger partial charge >= 0.3 is 5.97 Å². The van der Waals surface area contributed by atoms with Crippen LogP contribution in [0, 0.1) is 6.92 Å². The molecule has 0 aliphatic heterocycles. The van der Waals surface area contributed by atoms with Crippen molar-refractivity contribution in [2.75, 3.05) is 0 Å². The number of carbonyl (C=O) groups is 1. The van der Waals surface area contributed by atoms with Gasteiger partial charge in [0.05, 0.1) is 0 Å². The second-order valence-corrected chi connectivity index (χ2v) is 5.22. The van der Waals surface area contributed by atoms with Gasteiger partial charge in [-0.3, -0.25) is 4.79 Å². The highest BCUT2D eigenvalue weighted by Crippen LogP contribution is 2.49. The number of aryl methyl sites for hydroxylation is 1. The molecule has 0 N–H and O–H groups in total. The zero-order valence-corrected chi connectivity index (χ0v) is 11.4. The second kappa shape index (κ2) is 3.95. The summed E-state index contributed by atoms with van der Waals surface area (Å²) in [6.07, 6.45) is 0. The molecule has 0 bridgehead atoms. The topological polar surface area (TPSA) is 26.3 Å². The molecule has 96 valence electrons. The van der Waals surface area contributed by atoms with Gasteiger partial charge in [0, 0.05) is 18.1 Å². The summed E-state index contributed by atoms with van der Waals surface area (Å²) in [5, 5.41) is 0. The minimum absolute atomic E-state index is 0.258. The highest BCUT2D eigenvalue weighted by Gasteiger charge is 2.41. The lowest BCUT2D eigenvalue weighted by atomic mass is 9.92. The van der Waals surface area contributed by atoms with Crippen LogP contribution < -0.4 is 0 Å². The van der Waals surface area contributed by atoms with E-state index in [0.29, 0.717) is 0 Å². The Morgan fingerprint density at radius 1 is 1.05 bits per heavy atom. The van der Waals surface area contributed by atoms with Gasteiger partial charge in [0.1, 0.15) is 0 Å². The predicted octanol–water partition coefficient (Wildman–Crippen LogP) is 3.80. The van der Waals surface area contributed by atoms with Crippen molar-refractivity contribution in [1.29, 1.82) is 0 Å². The van der Waals surface area contributed by atoms with Gasteiger partial charge in [0.2, 0.25) is 0 Å². The van der Waals surface area contributed by atoms with Crippen molar-refractivity contribution in [1.82, 2.24) is 0 Å². The molecule has 0 radical (unpaired) electrons. The molecule has 2 aromatic carbocycles. The first-order chi connectivity index (χ1) is 9.02. The van der Waals surface area contributed by atoms with Gasteiger partial charge in [-0.1, -0.05) is 48.0 Å². The first-order valence-electron chi connectivity index (χ1n) is 6.43. The molecule has 2 nitrogen and oxygen atoms in total. The largest absolute Gasteiger partial charge is 0.450 e. The summed E-state index contributed by atoms with van der Waals surface area (Å²) in [6, 6.07) is 14.4. The zero-order valence-electron chi connectivity index (χ0n) is 11.4. The number of carbonyl (C=O) groups excluding carboxylic acids is 1. The van der Waals surface area contributed by atoms with Crippen molar-refractivity contribution in [3.8, 4) is 11.1 Å². The van der Waals surface area contributed by atoms with Crippen LogP contribution in [0.5, 0.6) is 0 Å². The number of fused-ring (bicyclic) bond motifs is 3. The third kappa shape index (κ3) is 1.67. The number of ether oxygens (including phenoxy) is 1. The van der Waals surface area contributed by atoms with Crippen LogP contribution in [0.25, 0.3) is 11.1 Å². The van der Waals surface area contributed by atoms with Gasteiger partial charge in [-0.05, 0) is 25.0 Å². The van der Waals surface area contributed by atoms with Gasteiger partial charge in [0.15, 0.2) is 5.60 Å². The Balaban J connectivity index is 2.31. The van der Waals surface area contributed by atoms with E-state index in [9.17, 15) is 4.79 Å². The summed E-state index contributed by atoms with van der Waals surface area (Å²) in [7, 11) is 0. The fourth-order valence-electron chi connectivity index (χ4n) is 2.96. The Kier molecular flexibility index (Phi) is 2.49. The Morgan fingerprint density at radius 3 is 2.47 bits per heavy atom. The minimum Gasteiger partial charge on any atom is -0.450 e. The van der Waals surface area contributed by atoms with E-state index in [0.717, 1.165) is 22.3 Å². The highest BCUT2D eigenvalue weighted by molar-refractivity contribution is 5.82. The van der Waals surface area contributed by atoms with E-state index in [1.54, 1.807) is 0 Å². The van der Waals surface area contributed by atoms with Crippen molar-refractivity contribution in [3.63, 3.8) is 0 Å². The molecule has 0 saturated carbocycles. The van der Waals surface area contributed by atoms with E-state index < -0.39 is 5.60 Å². The monoisotopic (exact) mass is 252 g/mol. The SMILES string of the molecule is CC(=O)OC1(C)c2ccccc2-c2ccc(C)cc21. The molecule has 2 heteroatoms. The Morgan fingerprint density at radius 2 is 1.74 bits per heavy atom. The number of hydrogen-bond acceptors (Lipinski definition) is 2. The van der Waals surface area contributed by atoms with Gasteiger partial charge < -0.3 is 4.74 Å². The molecule has 19 heavy (non-hydrogen) atoms. The van der Waals surface area contributed by atoms with Crippen LogP contribution >= 0.6 is 0 Å². The lowest BCUT2D eigenvalue weighted by Gasteiger charge is -2.27. The second-order valence-electron chi connectivity index (χ2n) is 5.22. The molecular formula is C17H16O2. The Hall–Kier alpha value is -2.09. The van der Waals surface area contributed by atoms with Crippen LogP contribution in [-0.4, -0.2) is 5.97 Å². The smallest absolute Gasteiger partial charge is 0.303 e. The van der Waals surface area contributed by atoms with Gasteiger partial charge in [-0.25, -0.2) is 0 Å². The fraction of sp³-hybridized carbons (Fsp3) is 0.235. The number of rotatable bonds is 1. The minimum atomic E-state index is -0.677. The van der Waals surface area contributed by atoms with Crippen molar-refractivity contribution >= 4 is 5.97 Å². The zero-order chi connectivity index (χ0) is 13.6. The molecular weight excluding hydrogens is 236 g/mol. The molecule has 0 amide bonds. The van der Waals surface area contributed by atoms with Crippen LogP contribution in [-0.2, 0) is 15.1 Å². The standard InChI is InChI=1S/C17H16O2/c1-11-8-9-14-13-6-4-5-7-15(13)17(3,16(14)10-11)19-12(2)18/h4-10H,1-3H3. The summed E-state index contributed by atoms with van der Waals surface area (Å²) in [6.45, 7) is 5.48. The molecule has 0 heterocycles. The van der Waals surface area contributed by atoms with Gasteiger partial charge in [0.25, 0.3) is 0 Å². The van der Waals surface area contributed by atoms with Crippen molar-refractivity contribution in [2.24, 2.45) is 0 Å². The first-order valence-corrected chi connectivity index (χ1v) is 6.43. The average Bonchev–Trinajstić information content (AvgIpc) is 2.59. The molecule has 0 spiro atoms. The summed E-state index contributed by atoms with van der Waals surface area (Å²) >= 11 is 0. The molecule has 3 rings (SSSR count). The summed E-state index contributed by atoms with van der Waals surface area (Å²) in [4.78, 5) is 11.5. The van der Waals surface area contributed by atoms with E-state index in [2.05, 4.69) is 31.2 Å². The molecule has 1 atom stereocenters. The van der Waals surface area contributed by atoms with E-state index in [4.69, 9.17) is 4.74 Å². The quantitative estimate of drug-likeness (QED) is 0.721. The maximum Gasteiger partial charge on any atom is 0.303 e. The number of benzene rings is 2. The molecule has 1 aliphatic rings. The Labute approximate surface area is 113 Å². The van der Waals surface area contributed by atoms with E-state index >= 15 is 0 Å². The average molecular weight is 252 g/mol. The molecule has 0 aromatic heterocycles. The normalized spacial score (nSPS) is 19.7. The lowest BCUT2D eigenvalue weighted by Crippen LogP contribution is -2.27. The van der Waals surface area contributed by atoms with Crippen molar-refractivity contribution in [3.05, 3.63) is 59.2 Å². The summed E-state index contributed by atoms with van der Waals surface area (Å²) in [5.74, 6) is -0.258. The highest BCUT2D eigenvalue weighted by atomic mass is 16.6. The van der Waals surface area contributed by atoms with E-state index in [1.165, 1.54) is 12.5 Å². The maximum absolute atomic E-state index is 11.5. The molecule has 1 aliphatic carbocycles. The third-order valence-corrected chi connectivity index (χ3v) is 3.77. The van der Waals surface area contributed by atoms with Crippen LogP contribution in [0.3, 0.4) is 0 Å². The predicted molar refractivity (Wildman–Crippen MR) is 74.8 cm³/mol. The van der Waals surface area contributed by atoms with Crippen LogP contribution in [0.1, 0.15) is 30.5 Å². The maximum atomic E-state index is 11.5. The van der Waals surface area contributed by atoms with Crippen molar-refractivity contribution < 1.29 is 9.53 Å². The molecule has 0 fully saturated rings. The van der Waals surface area contributed by atoms with Crippen LogP contribution in [0.4, 0.5) is 0 Å². The summed E-state index contributed by atoms with van der Waals surface area (Å²) in [5.41, 5.74) is 4.94. The van der Waals surface area contributed by atoms with E-state index in [-0.39, 0.29) is 5.97 Å². The van der Waals surface area contributed by atoms with Crippen LogP contribution in [0.2, 0.25) is 0 Å². The molecule has 2 aromatic rings. The van der Waals surface area contributed by atoms with Crippen LogP contribution in [0.15, 0.2) is 42.5 Å². The van der Waals surface area contributed by atoms with Gasteiger partial charge in [-0.2, -0.15) is 0 Å². The third-order valence-electron chi connectivity index (χ3n) is 3.77. The fourth-order valence-corrected chi connectivity index (χ4v) is 2.96. The van der Waals surface area contributed by atoms with Gasteiger partial charge in [-0.15, -0.1) is 0 Å². The molecule has 1 unspecified atom stereocenters. The lowest BCUT2D eigenvalue weighted by molar-refractivity contribution is -0.152. The first kappa shape index (κ1) is 12.0. The van der Waals surface area contributed by atoms with Crippen molar-refractivity contribution in [2.45, 2.75) is 26.4 Å². The Bertz CT molecular complexity index is 673.